The highest BCUT2D eigenvalue weighted by Crippen LogP contribution is 2.52. The number of aromatic nitrogens is 3. The van der Waals surface area contributed by atoms with E-state index in [4.69, 9.17) is 14.2 Å². The molecule has 1 aliphatic heterocycles. The van der Waals surface area contributed by atoms with E-state index in [-0.39, 0.29) is 17.6 Å². The zero-order chi connectivity index (χ0) is 21.5. The normalized spacial score (nSPS) is 23.0. The van der Waals surface area contributed by atoms with Crippen molar-refractivity contribution >= 4 is 17.1 Å². The monoisotopic (exact) mass is 423 g/mol. The molecule has 3 fully saturated rings. The van der Waals surface area contributed by atoms with E-state index in [0.717, 1.165) is 55.3 Å². The van der Waals surface area contributed by atoms with Gasteiger partial charge >= 0.3 is 6.09 Å². The van der Waals surface area contributed by atoms with Crippen LogP contribution in [-0.2, 0) is 4.74 Å². The van der Waals surface area contributed by atoms with Crippen LogP contribution in [0.15, 0.2) is 16.7 Å². The molecule has 6 rings (SSSR count). The largest absolute Gasteiger partial charge is 0.464 e. The number of aliphatic hydroxyl groups is 1. The van der Waals surface area contributed by atoms with Crippen LogP contribution < -0.4 is 0 Å². The Balaban J connectivity index is 1.57. The van der Waals surface area contributed by atoms with Gasteiger partial charge in [0.05, 0.1) is 28.4 Å². The van der Waals surface area contributed by atoms with Crippen LogP contribution >= 0.6 is 0 Å². The molecule has 1 spiro atoms. The molecule has 2 saturated carbocycles. The summed E-state index contributed by atoms with van der Waals surface area (Å²) >= 11 is 0. The van der Waals surface area contributed by atoms with E-state index in [0.29, 0.717) is 28.2 Å². The molecule has 2 atom stereocenters. The summed E-state index contributed by atoms with van der Waals surface area (Å²) in [6.45, 7) is 3.68. The quantitative estimate of drug-likeness (QED) is 0.637. The highest BCUT2D eigenvalue weighted by Gasteiger charge is 2.51. The van der Waals surface area contributed by atoms with E-state index in [1.54, 1.807) is 0 Å². The summed E-state index contributed by atoms with van der Waals surface area (Å²) in [6.07, 6.45) is 3.44. The SMILES string of the molecule is Cc1noc(C)c1-c1cc(C(O)C2CCC3(CC3)O2)c2nc(C3CC3)n(C(=O)O)c2c1. The molecule has 3 heterocycles. The number of carboxylic acid groups (broad SMARTS) is 1. The number of ether oxygens (including phenoxy) is 1. The van der Waals surface area contributed by atoms with E-state index in [1.807, 2.05) is 26.0 Å². The van der Waals surface area contributed by atoms with Gasteiger partial charge in [-0.3, -0.25) is 0 Å². The van der Waals surface area contributed by atoms with Gasteiger partial charge in [0.15, 0.2) is 0 Å². The van der Waals surface area contributed by atoms with Crippen LogP contribution in [0, 0.1) is 13.8 Å². The third-order valence-corrected chi connectivity index (χ3v) is 7.04. The lowest BCUT2D eigenvalue weighted by molar-refractivity contribution is -0.0452. The molecule has 162 valence electrons. The van der Waals surface area contributed by atoms with Crippen molar-refractivity contribution in [3.8, 4) is 11.1 Å². The maximum Gasteiger partial charge on any atom is 0.417 e. The van der Waals surface area contributed by atoms with Gasteiger partial charge in [-0.15, -0.1) is 0 Å². The molecule has 31 heavy (non-hydrogen) atoms. The van der Waals surface area contributed by atoms with Crippen LogP contribution in [0.1, 0.15) is 73.4 Å². The first-order chi connectivity index (χ1) is 14.9. The van der Waals surface area contributed by atoms with Gasteiger partial charge in [0.25, 0.3) is 0 Å². The van der Waals surface area contributed by atoms with Gasteiger partial charge in [-0.05, 0) is 70.1 Å². The molecule has 2 unspecified atom stereocenters. The standard InChI is InChI=1S/C23H25N3O5/c1-11-18(12(2)31-25-11)14-9-15(20(27)17-5-6-23(30-17)7-8-23)19-16(10-14)26(22(28)29)21(24-19)13-3-4-13/h9-10,13,17,20,27H,3-8H2,1-2H3,(H,28,29). The van der Waals surface area contributed by atoms with E-state index >= 15 is 0 Å². The number of rotatable bonds is 4. The van der Waals surface area contributed by atoms with Crippen molar-refractivity contribution in [2.75, 3.05) is 0 Å². The van der Waals surface area contributed by atoms with Crippen LogP contribution in [0.2, 0.25) is 0 Å². The Hall–Kier alpha value is -2.71. The van der Waals surface area contributed by atoms with E-state index in [9.17, 15) is 15.0 Å². The second-order valence-electron chi connectivity index (χ2n) is 9.32. The number of aryl methyl sites for hydroxylation is 2. The van der Waals surface area contributed by atoms with Gasteiger partial charge in [0.1, 0.15) is 17.7 Å². The summed E-state index contributed by atoms with van der Waals surface area (Å²) in [6, 6.07) is 3.72. The van der Waals surface area contributed by atoms with Crippen LogP contribution in [0.4, 0.5) is 4.79 Å². The topological polar surface area (TPSA) is 111 Å². The number of hydrogen-bond donors (Lipinski definition) is 2. The Morgan fingerprint density at radius 3 is 2.58 bits per heavy atom. The minimum Gasteiger partial charge on any atom is -0.464 e. The van der Waals surface area contributed by atoms with Crippen LogP contribution in [0.25, 0.3) is 22.2 Å². The van der Waals surface area contributed by atoms with Crippen molar-refractivity contribution in [2.24, 2.45) is 0 Å². The molecular weight excluding hydrogens is 398 g/mol. The van der Waals surface area contributed by atoms with Gasteiger partial charge < -0.3 is 19.5 Å². The Kier molecular flexibility index (Phi) is 3.92. The first-order valence-corrected chi connectivity index (χ1v) is 11.0. The van der Waals surface area contributed by atoms with Gasteiger partial charge in [-0.1, -0.05) is 5.16 Å². The molecular formula is C23H25N3O5. The highest BCUT2D eigenvalue weighted by atomic mass is 16.5. The van der Waals surface area contributed by atoms with Crippen molar-refractivity contribution in [3.05, 3.63) is 35.0 Å². The highest BCUT2D eigenvalue weighted by molar-refractivity contribution is 5.93. The van der Waals surface area contributed by atoms with E-state index in [1.165, 1.54) is 4.57 Å². The van der Waals surface area contributed by atoms with Crippen molar-refractivity contribution < 1.29 is 24.3 Å². The Morgan fingerprint density at radius 1 is 1.23 bits per heavy atom. The molecule has 0 bridgehead atoms. The number of carbonyl (C=O) groups is 1. The lowest BCUT2D eigenvalue weighted by Gasteiger charge is -2.20. The number of fused-ring (bicyclic) bond motifs is 1. The Morgan fingerprint density at radius 2 is 2.00 bits per heavy atom. The fourth-order valence-corrected chi connectivity index (χ4v) is 5.08. The van der Waals surface area contributed by atoms with Gasteiger partial charge in [-0.25, -0.2) is 14.3 Å². The van der Waals surface area contributed by atoms with E-state index in [2.05, 4.69) is 5.16 Å². The average Bonchev–Trinajstić information content (AvgIpc) is 3.60. The molecule has 3 aliphatic rings. The Labute approximate surface area is 178 Å². The molecule has 1 saturated heterocycles. The zero-order valence-corrected chi connectivity index (χ0v) is 17.6. The van der Waals surface area contributed by atoms with Gasteiger partial charge in [0.2, 0.25) is 0 Å². The minimum atomic E-state index is -1.06. The summed E-state index contributed by atoms with van der Waals surface area (Å²) < 4.78 is 12.8. The lowest BCUT2D eigenvalue weighted by Crippen LogP contribution is -2.20. The summed E-state index contributed by atoms with van der Waals surface area (Å²) in [4.78, 5) is 16.9. The summed E-state index contributed by atoms with van der Waals surface area (Å²) in [5, 5.41) is 25.4. The molecule has 2 aromatic heterocycles. The van der Waals surface area contributed by atoms with Crippen molar-refractivity contribution in [2.45, 2.75) is 76.1 Å². The smallest absolute Gasteiger partial charge is 0.417 e. The van der Waals surface area contributed by atoms with Gasteiger partial charge in [0, 0.05) is 17.0 Å². The van der Waals surface area contributed by atoms with Crippen LogP contribution in [0.5, 0.6) is 0 Å². The summed E-state index contributed by atoms with van der Waals surface area (Å²) in [7, 11) is 0. The number of imidazole rings is 1. The number of benzene rings is 1. The second kappa shape index (κ2) is 6.40. The molecule has 8 nitrogen and oxygen atoms in total. The third-order valence-electron chi connectivity index (χ3n) is 7.04. The summed E-state index contributed by atoms with van der Waals surface area (Å²) in [5.74, 6) is 1.35. The number of hydrogen-bond acceptors (Lipinski definition) is 6. The maximum atomic E-state index is 12.2. The number of aliphatic hydroxyl groups excluding tert-OH is 1. The number of nitrogens with zero attached hydrogens (tertiary/aromatic N) is 3. The maximum absolute atomic E-state index is 12.2. The summed E-state index contributed by atoms with van der Waals surface area (Å²) in [5.41, 5.74) is 3.87. The molecule has 0 radical (unpaired) electrons. The minimum absolute atomic E-state index is 0.0520. The fourth-order valence-electron chi connectivity index (χ4n) is 5.08. The predicted octanol–water partition coefficient (Wildman–Crippen LogP) is 4.46. The Bertz CT molecular complexity index is 1200. The third kappa shape index (κ3) is 2.92. The first-order valence-electron chi connectivity index (χ1n) is 11.0. The molecule has 1 aromatic carbocycles. The molecule has 2 N–H and O–H groups in total. The second-order valence-corrected chi connectivity index (χ2v) is 9.32. The fraction of sp³-hybridized carbons (Fsp3) is 0.522. The predicted molar refractivity (Wildman–Crippen MR) is 111 cm³/mol. The van der Waals surface area contributed by atoms with Crippen molar-refractivity contribution in [1.82, 2.24) is 14.7 Å². The first kappa shape index (κ1) is 19.0. The van der Waals surface area contributed by atoms with Gasteiger partial charge in [-0.2, -0.15) is 0 Å². The molecule has 2 aliphatic carbocycles. The van der Waals surface area contributed by atoms with Crippen molar-refractivity contribution in [1.29, 1.82) is 0 Å². The van der Waals surface area contributed by atoms with Crippen molar-refractivity contribution in [3.63, 3.8) is 0 Å². The lowest BCUT2D eigenvalue weighted by atomic mass is 9.95. The average molecular weight is 423 g/mol. The van der Waals surface area contributed by atoms with Crippen LogP contribution in [-0.4, -0.2) is 42.7 Å². The van der Waals surface area contributed by atoms with E-state index < -0.39 is 12.2 Å². The molecule has 3 aromatic rings. The molecule has 0 amide bonds. The molecule has 8 heteroatoms. The zero-order valence-electron chi connectivity index (χ0n) is 17.6. The van der Waals surface area contributed by atoms with Crippen LogP contribution in [0.3, 0.4) is 0 Å².